The van der Waals surface area contributed by atoms with Crippen LogP contribution in [0.5, 0.6) is 0 Å². The van der Waals surface area contributed by atoms with Crippen LogP contribution in [0.3, 0.4) is 0 Å². The van der Waals surface area contributed by atoms with Gasteiger partial charge in [-0.1, -0.05) is 12.7 Å². The molecule has 0 aliphatic rings. The molecule has 0 amide bonds. The third kappa shape index (κ3) is 7.01. The Morgan fingerprint density at radius 2 is 2.20 bits per heavy atom. The van der Waals surface area contributed by atoms with Gasteiger partial charge >= 0.3 is 5.97 Å². The number of hydrogen-bond donors (Lipinski definition) is 2. The van der Waals surface area contributed by atoms with Gasteiger partial charge in [0.2, 0.25) is 0 Å². The summed E-state index contributed by atoms with van der Waals surface area (Å²) in [5, 5.41) is 17.8. The molecule has 6 heteroatoms. The Bertz CT molecular complexity index is 229. The maximum Gasteiger partial charge on any atom is 0.335 e. The van der Waals surface area contributed by atoms with Crippen LogP contribution in [-0.2, 0) is 14.3 Å². The third-order valence-corrected chi connectivity index (χ3v) is 1.61. The summed E-state index contributed by atoms with van der Waals surface area (Å²) >= 11 is 4.74. The molecule has 0 saturated heterocycles. The van der Waals surface area contributed by atoms with Crippen LogP contribution in [0.4, 0.5) is 0 Å². The Morgan fingerprint density at radius 3 is 2.73 bits per heavy atom. The van der Waals surface area contributed by atoms with Crippen molar-refractivity contribution >= 4 is 23.2 Å². The fourth-order valence-corrected chi connectivity index (χ4v) is 0.920. The SMILES string of the molecule is C=CCOC(=S)CC(O)C(=O)OCCO. The highest BCUT2D eigenvalue weighted by molar-refractivity contribution is 7.80. The van der Waals surface area contributed by atoms with Gasteiger partial charge in [-0.2, -0.15) is 0 Å². The molecule has 0 aliphatic carbocycles. The number of aliphatic hydroxyl groups excluding tert-OH is 2. The summed E-state index contributed by atoms with van der Waals surface area (Å²) in [5.41, 5.74) is 0. The molecule has 0 spiro atoms. The number of aliphatic hydroxyl groups is 2. The van der Waals surface area contributed by atoms with Gasteiger partial charge in [-0.05, 0) is 12.2 Å². The number of carbonyl (C=O) groups is 1. The molecule has 1 atom stereocenters. The zero-order valence-corrected chi connectivity index (χ0v) is 9.03. The lowest BCUT2D eigenvalue weighted by Gasteiger charge is -2.10. The molecular weight excluding hydrogens is 220 g/mol. The maximum absolute atomic E-state index is 11.0. The minimum atomic E-state index is -1.35. The Hall–Kier alpha value is -0.980. The van der Waals surface area contributed by atoms with Crippen LogP contribution in [0.2, 0.25) is 0 Å². The van der Waals surface area contributed by atoms with E-state index in [0.717, 1.165) is 0 Å². The van der Waals surface area contributed by atoms with E-state index in [1.54, 1.807) is 0 Å². The second kappa shape index (κ2) is 8.34. The first-order valence-electron chi connectivity index (χ1n) is 4.34. The van der Waals surface area contributed by atoms with Crippen molar-refractivity contribution in [2.24, 2.45) is 0 Å². The molecule has 1 unspecified atom stereocenters. The first-order valence-corrected chi connectivity index (χ1v) is 4.74. The van der Waals surface area contributed by atoms with Crippen molar-refractivity contribution in [1.29, 1.82) is 0 Å². The van der Waals surface area contributed by atoms with E-state index in [1.807, 2.05) is 0 Å². The molecule has 0 aliphatic heterocycles. The number of rotatable bonds is 7. The second-order valence-electron chi connectivity index (χ2n) is 2.58. The van der Waals surface area contributed by atoms with E-state index in [2.05, 4.69) is 11.3 Å². The molecule has 0 heterocycles. The lowest BCUT2D eigenvalue weighted by atomic mass is 10.3. The van der Waals surface area contributed by atoms with Crippen molar-refractivity contribution in [3.8, 4) is 0 Å². The molecule has 0 aromatic rings. The molecule has 0 saturated carbocycles. The molecule has 0 radical (unpaired) electrons. The van der Waals surface area contributed by atoms with Crippen LogP contribution >= 0.6 is 12.2 Å². The van der Waals surface area contributed by atoms with Crippen molar-refractivity contribution in [1.82, 2.24) is 0 Å². The number of carbonyl (C=O) groups excluding carboxylic acids is 1. The monoisotopic (exact) mass is 234 g/mol. The summed E-state index contributed by atoms with van der Waals surface area (Å²) in [6, 6.07) is 0. The van der Waals surface area contributed by atoms with Crippen LogP contribution in [0.15, 0.2) is 12.7 Å². The lowest BCUT2D eigenvalue weighted by Crippen LogP contribution is -2.27. The van der Waals surface area contributed by atoms with E-state index in [4.69, 9.17) is 22.1 Å². The van der Waals surface area contributed by atoms with E-state index >= 15 is 0 Å². The molecule has 15 heavy (non-hydrogen) atoms. The molecule has 0 fully saturated rings. The van der Waals surface area contributed by atoms with Crippen molar-refractivity contribution in [2.45, 2.75) is 12.5 Å². The van der Waals surface area contributed by atoms with Gasteiger partial charge in [-0.3, -0.25) is 0 Å². The van der Waals surface area contributed by atoms with E-state index < -0.39 is 12.1 Å². The second-order valence-corrected chi connectivity index (χ2v) is 3.04. The first-order chi connectivity index (χ1) is 7.11. The molecule has 86 valence electrons. The molecule has 0 aromatic carbocycles. The van der Waals surface area contributed by atoms with Gasteiger partial charge in [-0.25, -0.2) is 4.79 Å². The van der Waals surface area contributed by atoms with Crippen molar-refractivity contribution in [2.75, 3.05) is 19.8 Å². The van der Waals surface area contributed by atoms with Crippen LogP contribution < -0.4 is 0 Å². The average molecular weight is 234 g/mol. The quantitative estimate of drug-likeness (QED) is 0.361. The fourth-order valence-electron chi connectivity index (χ4n) is 0.694. The van der Waals surface area contributed by atoms with Gasteiger partial charge in [0.05, 0.1) is 13.0 Å². The largest absolute Gasteiger partial charge is 0.483 e. The van der Waals surface area contributed by atoms with Crippen LogP contribution in [0, 0.1) is 0 Å². The summed E-state index contributed by atoms with van der Waals surface area (Å²) in [7, 11) is 0. The maximum atomic E-state index is 11.0. The highest BCUT2D eigenvalue weighted by Gasteiger charge is 2.18. The lowest BCUT2D eigenvalue weighted by molar-refractivity contribution is -0.154. The highest BCUT2D eigenvalue weighted by Crippen LogP contribution is 1.99. The van der Waals surface area contributed by atoms with E-state index in [0.29, 0.717) is 0 Å². The smallest absolute Gasteiger partial charge is 0.335 e. The molecule has 0 aromatic heterocycles. The summed E-state index contributed by atoms with van der Waals surface area (Å²) in [5.74, 6) is -0.825. The predicted octanol–water partition coefficient (Wildman–Crippen LogP) is -0.197. The third-order valence-electron chi connectivity index (χ3n) is 1.33. The zero-order valence-electron chi connectivity index (χ0n) is 8.22. The standard InChI is InChI=1S/C9H14O5S/c1-2-4-13-8(15)6-7(11)9(12)14-5-3-10/h2,7,10-11H,1,3-6H2. The average Bonchev–Trinajstić information content (AvgIpc) is 2.22. The Kier molecular flexibility index (Phi) is 7.79. The zero-order chi connectivity index (χ0) is 11.7. The molecule has 5 nitrogen and oxygen atoms in total. The summed E-state index contributed by atoms with van der Waals surface area (Å²) in [6.45, 7) is 3.23. The van der Waals surface area contributed by atoms with Gasteiger partial charge in [0.1, 0.15) is 13.2 Å². The van der Waals surface area contributed by atoms with E-state index in [1.165, 1.54) is 6.08 Å². The molecule has 2 N–H and O–H groups in total. The molecule has 0 rings (SSSR count). The summed E-state index contributed by atoms with van der Waals surface area (Å²) < 4.78 is 9.40. The highest BCUT2D eigenvalue weighted by atomic mass is 32.1. The molecular formula is C9H14O5S. The topological polar surface area (TPSA) is 76.0 Å². The van der Waals surface area contributed by atoms with Crippen LogP contribution in [-0.4, -0.2) is 47.2 Å². The Labute approximate surface area is 93.3 Å². The number of thiocarbonyl (C=S) groups is 1. The summed E-state index contributed by atoms with van der Waals surface area (Å²) in [6.07, 6.45) is 0.0461. The van der Waals surface area contributed by atoms with Crippen molar-refractivity contribution in [3.05, 3.63) is 12.7 Å². The predicted molar refractivity (Wildman–Crippen MR) is 57.4 cm³/mol. The van der Waals surface area contributed by atoms with Gasteiger partial charge in [0.15, 0.2) is 11.2 Å². The number of ether oxygens (including phenoxy) is 2. The summed E-state index contributed by atoms with van der Waals surface area (Å²) in [4.78, 5) is 11.0. The number of hydrogen-bond acceptors (Lipinski definition) is 6. The molecule has 0 bridgehead atoms. The first kappa shape index (κ1) is 14.0. The van der Waals surface area contributed by atoms with E-state index in [9.17, 15) is 9.90 Å². The Balaban J connectivity index is 3.79. The minimum absolute atomic E-state index is 0.104. The van der Waals surface area contributed by atoms with Gasteiger partial charge < -0.3 is 19.7 Å². The van der Waals surface area contributed by atoms with Gasteiger partial charge in [0.25, 0.3) is 0 Å². The van der Waals surface area contributed by atoms with Crippen molar-refractivity contribution < 1.29 is 24.5 Å². The Morgan fingerprint density at radius 1 is 1.53 bits per heavy atom. The van der Waals surface area contributed by atoms with Crippen molar-refractivity contribution in [3.63, 3.8) is 0 Å². The van der Waals surface area contributed by atoms with Gasteiger partial charge in [0, 0.05) is 0 Å². The fraction of sp³-hybridized carbons (Fsp3) is 0.556. The van der Waals surface area contributed by atoms with Crippen LogP contribution in [0.1, 0.15) is 6.42 Å². The minimum Gasteiger partial charge on any atom is -0.483 e. The van der Waals surface area contributed by atoms with Crippen LogP contribution in [0.25, 0.3) is 0 Å². The van der Waals surface area contributed by atoms with E-state index in [-0.39, 0.29) is 31.3 Å². The van der Waals surface area contributed by atoms with Gasteiger partial charge in [-0.15, -0.1) is 0 Å². The normalized spacial score (nSPS) is 11.6. The number of esters is 1.